The van der Waals surface area contributed by atoms with Gasteiger partial charge in [0.15, 0.2) is 0 Å². The predicted octanol–water partition coefficient (Wildman–Crippen LogP) is 5.39. The summed E-state index contributed by atoms with van der Waals surface area (Å²) in [4.78, 5) is 30.2. The first-order valence-electron chi connectivity index (χ1n) is 11.9. The van der Waals surface area contributed by atoms with Crippen molar-refractivity contribution in [3.63, 3.8) is 0 Å². The molecule has 1 fully saturated rings. The number of aliphatic hydroxyl groups excluding tert-OH is 1. The zero-order valence-corrected chi connectivity index (χ0v) is 21.7. The van der Waals surface area contributed by atoms with Crippen LogP contribution in [0.5, 0.6) is 5.75 Å². The lowest BCUT2D eigenvalue weighted by atomic mass is 9.95. The molecule has 3 rings (SSSR count). The maximum atomic E-state index is 13.2. The largest absolute Gasteiger partial charge is 0.507 e. The van der Waals surface area contributed by atoms with Crippen LogP contribution in [0.2, 0.25) is 0 Å². The molecule has 1 aliphatic heterocycles. The SMILES string of the molecule is CCCOc1cccc(/C(O)=C2\C(=O)C(=O)N(CCCN(CC)CC)C2c2cccc(Br)c2)c1. The van der Waals surface area contributed by atoms with Crippen LogP contribution in [0.1, 0.15) is 50.8 Å². The lowest BCUT2D eigenvalue weighted by Gasteiger charge is -2.27. The number of Topliss-reactive ketones (excluding diaryl/α,β-unsaturated/α-hetero) is 1. The van der Waals surface area contributed by atoms with Crippen LogP contribution in [0.4, 0.5) is 0 Å². The number of ketones is 1. The number of amides is 1. The Balaban J connectivity index is 2.02. The quantitative estimate of drug-likeness (QED) is 0.240. The normalized spacial score (nSPS) is 17.6. The Kier molecular flexibility index (Phi) is 9.30. The minimum absolute atomic E-state index is 0.110. The van der Waals surface area contributed by atoms with Crippen LogP contribution in [-0.2, 0) is 9.59 Å². The smallest absolute Gasteiger partial charge is 0.295 e. The summed E-state index contributed by atoms with van der Waals surface area (Å²) < 4.78 is 6.54. The van der Waals surface area contributed by atoms with Gasteiger partial charge < -0.3 is 19.6 Å². The molecule has 1 heterocycles. The second-order valence-electron chi connectivity index (χ2n) is 8.30. The number of rotatable bonds is 11. The van der Waals surface area contributed by atoms with Crippen LogP contribution in [-0.4, -0.2) is 59.4 Å². The number of nitrogens with zero attached hydrogens (tertiary/aromatic N) is 2. The molecule has 1 unspecified atom stereocenters. The Hall–Kier alpha value is -2.64. The van der Waals surface area contributed by atoms with Crippen molar-refractivity contribution in [2.75, 3.05) is 32.8 Å². The van der Waals surface area contributed by atoms with Gasteiger partial charge in [-0.2, -0.15) is 0 Å². The summed E-state index contributed by atoms with van der Waals surface area (Å²) in [5.74, 6) is -0.815. The average Bonchev–Trinajstić information content (AvgIpc) is 3.10. The maximum Gasteiger partial charge on any atom is 0.295 e. The van der Waals surface area contributed by atoms with E-state index in [9.17, 15) is 14.7 Å². The van der Waals surface area contributed by atoms with Crippen molar-refractivity contribution in [2.24, 2.45) is 0 Å². The Morgan fingerprint density at radius 1 is 1.09 bits per heavy atom. The zero-order chi connectivity index (χ0) is 24.7. The molecule has 0 radical (unpaired) electrons. The zero-order valence-electron chi connectivity index (χ0n) is 20.1. The molecule has 6 nitrogen and oxygen atoms in total. The van der Waals surface area contributed by atoms with Crippen LogP contribution in [0, 0.1) is 0 Å². The summed E-state index contributed by atoms with van der Waals surface area (Å²) in [7, 11) is 0. The van der Waals surface area contributed by atoms with E-state index in [1.54, 1.807) is 23.1 Å². The third kappa shape index (κ3) is 5.88. The van der Waals surface area contributed by atoms with Gasteiger partial charge in [-0.25, -0.2) is 0 Å². The van der Waals surface area contributed by atoms with Gasteiger partial charge in [-0.15, -0.1) is 0 Å². The van der Waals surface area contributed by atoms with E-state index in [1.165, 1.54) is 0 Å². The third-order valence-corrected chi connectivity index (χ3v) is 6.55. The minimum Gasteiger partial charge on any atom is -0.507 e. The fourth-order valence-corrected chi connectivity index (χ4v) is 4.66. The molecule has 1 N–H and O–H groups in total. The molecular weight excluding hydrogens is 496 g/mol. The summed E-state index contributed by atoms with van der Waals surface area (Å²) in [6.45, 7) is 9.90. The second-order valence-corrected chi connectivity index (χ2v) is 9.22. The molecule has 2 aromatic carbocycles. The number of ether oxygens (including phenoxy) is 1. The number of hydrogen-bond acceptors (Lipinski definition) is 5. The molecule has 7 heteroatoms. The van der Waals surface area contributed by atoms with Crippen molar-refractivity contribution >= 4 is 33.4 Å². The van der Waals surface area contributed by atoms with E-state index in [4.69, 9.17) is 4.74 Å². The van der Waals surface area contributed by atoms with E-state index in [0.29, 0.717) is 24.5 Å². The number of aliphatic hydroxyl groups is 1. The van der Waals surface area contributed by atoms with Gasteiger partial charge in [-0.3, -0.25) is 9.59 Å². The second kappa shape index (κ2) is 12.2. The summed E-state index contributed by atoms with van der Waals surface area (Å²) >= 11 is 3.50. The fraction of sp³-hybridized carbons (Fsp3) is 0.407. The molecule has 34 heavy (non-hydrogen) atoms. The topological polar surface area (TPSA) is 70.1 Å². The van der Waals surface area contributed by atoms with E-state index in [0.717, 1.165) is 42.5 Å². The molecule has 0 aliphatic carbocycles. The molecule has 1 atom stereocenters. The molecule has 0 saturated carbocycles. The molecule has 1 amide bonds. The lowest BCUT2D eigenvalue weighted by Crippen LogP contribution is -2.33. The van der Waals surface area contributed by atoms with Gasteiger partial charge in [-0.05, 0) is 62.3 Å². The van der Waals surface area contributed by atoms with E-state index in [2.05, 4.69) is 34.7 Å². The van der Waals surface area contributed by atoms with E-state index in [1.807, 2.05) is 37.3 Å². The molecule has 1 saturated heterocycles. The first-order chi connectivity index (χ1) is 16.4. The van der Waals surface area contributed by atoms with E-state index >= 15 is 0 Å². The van der Waals surface area contributed by atoms with Crippen molar-refractivity contribution in [3.8, 4) is 5.75 Å². The Labute approximate surface area is 210 Å². The Bertz CT molecular complexity index is 1050. The average molecular weight is 529 g/mol. The van der Waals surface area contributed by atoms with Crippen molar-refractivity contribution in [3.05, 3.63) is 69.7 Å². The lowest BCUT2D eigenvalue weighted by molar-refractivity contribution is -0.140. The van der Waals surface area contributed by atoms with Gasteiger partial charge in [0.1, 0.15) is 11.5 Å². The highest BCUT2D eigenvalue weighted by Gasteiger charge is 2.45. The van der Waals surface area contributed by atoms with Crippen molar-refractivity contribution < 1.29 is 19.4 Å². The number of carbonyl (C=O) groups is 2. The van der Waals surface area contributed by atoms with Crippen LogP contribution in [0.3, 0.4) is 0 Å². The minimum atomic E-state index is -0.662. The molecule has 0 spiro atoms. The molecule has 2 aromatic rings. The highest BCUT2D eigenvalue weighted by Crippen LogP contribution is 2.40. The van der Waals surface area contributed by atoms with Crippen molar-refractivity contribution in [2.45, 2.75) is 39.7 Å². The molecule has 0 aromatic heterocycles. The first-order valence-corrected chi connectivity index (χ1v) is 12.7. The fourth-order valence-electron chi connectivity index (χ4n) is 4.25. The molecule has 1 aliphatic rings. The standard InChI is InChI=1S/C27H33BrN2O4/c1-4-16-34-22-13-8-11-20(18-22)25(31)23-24(19-10-7-12-21(28)17-19)30(27(33)26(23)32)15-9-14-29(5-2)6-3/h7-8,10-13,17-18,24,31H,4-6,9,14-16H2,1-3H3/b25-23+. The van der Waals surface area contributed by atoms with Crippen LogP contribution >= 0.6 is 15.9 Å². The summed E-state index contributed by atoms with van der Waals surface area (Å²) in [5, 5.41) is 11.3. The van der Waals surface area contributed by atoms with Gasteiger partial charge >= 0.3 is 0 Å². The number of hydrogen-bond donors (Lipinski definition) is 1. The van der Waals surface area contributed by atoms with Gasteiger partial charge in [-0.1, -0.05) is 61.0 Å². The van der Waals surface area contributed by atoms with Crippen molar-refractivity contribution in [1.82, 2.24) is 9.80 Å². The first kappa shape index (κ1) is 26.0. The maximum absolute atomic E-state index is 13.2. The highest BCUT2D eigenvalue weighted by atomic mass is 79.9. The van der Waals surface area contributed by atoms with Crippen molar-refractivity contribution in [1.29, 1.82) is 0 Å². The van der Waals surface area contributed by atoms with Gasteiger partial charge in [0.05, 0.1) is 18.2 Å². The third-order valence-electron chi connectivity index (χ3n) is 6.05. The van der Waals surface area contributed by atoms with Gasteiger partial charge in [0.2, 0.25) is 0 Å². The molecule has 0 bridgehead atoms. The van der Waals surface area contributed by atoms with Gasteiger partial charge in [0, 0.05) is 16.6 Å². The predicted molar refractivity (Wildman–Crippen MR) is 138 cm³/mol. The molecular formula is C27H33BrN2O4. The summed E-state index contributed by atoms with van der Waals surface area (Å²) in [5.41, 5.74) is 1.34. The monoisotopic (exact) mass is 528 g/mol. The Morgan fingerprint density at radius 2 is 1.82 bits per heavy atom. The molecule has 182 valence electrons. The summed E-state index contributed by atoms with van der Waals surface area (Å²) in [6.07, 6.45) is 1.59. The Morgan fingerprint density at radius 3 is 2.50 bits per heavy atom. The van der Waals surface area contributed by atoms with Gasteiger partial charge in [0.25, 0.3) is 11.7 Å². The number of likely N-dealkylation sites (tertiary alicyclic amines) is 1. The summed E-state index contributed by atoms with van der Waals surface area (Å²) in [6, 6.07) is 13.9. The number of benzene rings is 2. The highest BCUT2D eigenvalue weighted by molar-refractivity contribution is 9.10. The number of carbonyl (C=O) groups excluding carboxylic acids is 2. The van der Waals surface area contributed by atoms with E-state index < -0.39 is 17.7 Å². The van der Waals surface area contributed by atoms with E-state index in [-0.39, 0.29) is 11.3 Å². The number of halogens is 1. The van der Waals surface area contributed by atoms with Crippen LogP contribution < -0.4 is 4.74 Å². The van der Waals surface area contributed by atoms with Crippen LogP contribution in [0.15, 0.2) is 58.6 Å². The van der Waals surface area contributed by atoms with Crippen LogP contribution in [0.25, 0.3) is 5.76 Å².